The molecule has 0 aliphatic carbocycles. The molecule has 0 heterocycles. The van der Waals surface area contributed by atoms with Crippen LogP contribution < -0.4 is 4.43 Å². The van der Waals surface area contributed by atoms with Crippen LogP contribution in [-0.4, -0.2) is 8.32 Å². The molecule has 2 aromatic rings. The number of halogens is 1. The molecule has 0 aliphatic rings. The summed E-state index contributed by atoms with van der Waals surface area (Å²) < 4.78 is 7.06. The summed E-state index contributed by atoms with van der Waals surface area (Å²) >= 11 is 6.50. The summed E-state index contributed by atoms with van der Waals surface area (Å²) in [6, 6.07) is 10.7. The lowest BCUT2D eigenvalue weighted by molar-refractivity contribution is 0.474. The van der Waals surface area contributed by atoms with E-state index >= 15 is 0 Å². The maximum atomic E-state index is 7.06. The maximum Gasteiger partial charge on any atom is 0.258 e. The van der Waals surface area contributed by atoms with E-state index in [9.17, 15) is 0 Å². The normalized spacial score (nSPS) is 12.6. The van der Waals surface area contributed by atoms with Gasteiger partial charge in [0.05, 0.1) is 0 Å². The van der Waals surface area contributed by atoms with Crippen LogP contribution in [0.15, 0.2) is 30.3 Å². The lowest BCUT2D eigenvalue weighted by Gasteiger charge is -2.42. The Morgan fingerprint density at radius 3 is 2.12 bits per heavy atom. The van der Waals surface area contributed by atoms with Gasteiger partial charge in [-0.15, -0.1) is 0 Å². The molecular weight excluding hydrogens is 356 g/mol. The summed E-state index contributed by atoms with van der Waals surface area (Å²) in [5, 5.41) is 3.12. The second-order valence-corrected chi connectivity index (χ2v) is 14.2. The van der Waals surface area contributed by atoms with Gasteiger partial charge in [0.1, 0.15) is 5.75 Å². The van der Waals surface area contributed by atoms with Gasteiger partial charge < -0.3 is 4.43 Å². The fourth-order valence-electron chi connectivity index (χ4n) is 4.52. The van der Waals surface area contributed by atoms with Crippen LogP contribution in [0.1, 0.15) is 66.9 Å². The second-order valence-electron chi connectivity index (χ2n) is 8.44. The van der Waals surface area contributed by atoms with Crippen LogP contribution in [-0.2, 0) is 6.42 Å². The minimum Gasteiger partial charge on any atom is -0.542 e. The Morgan fingerprint density at radius 1 is 0.962 bits per heavy atom. The van der Waals surface area contributed by atoms with Crippen molar-refractivity contribution in [2.45, 2.75) is 84.4 Å². The van der Waals surface area contributed by atoms with E-state index < -0.39 is 8.32 Å². The fraction of sp³-hybridized carbons (Fsp3) is 0.565. The maximum absolute atomic E-state index is 7.06. The predicted octanol–water partition coefficient (Wildman–Crippen LogP) is 8.39. The number of fused-ring (bicyclic) bond motifs is 1. The van der Waals surface area contributed by atoms with E-state index in [-0.39, 0.29) is 0 Å². The van der Waals surface area contributed by atoms with Gasteiger partial charge in [-0.3, -0.25) is 0 Å². The summed E-state index contributed by atoms with van der Waals surface area (Å²) in [4.78, 5) is 0. The molecule has 0 spiro atoms. The predicted molar refractivity (Wildman–Crippen MR) is 119 cm³/mol. The van der Waals surface area contributed by atoms with Crippen molar-refractivity contribution in [1.29, 1.82) is 0 Å². The van der Waals surface area contributed by atoms with E-state index in [2.05, 4.69) is 66.7 Å². The fourth-order valence-corrected chi connectivity index (χ4v) is 10.0. The first-order valence-corrected chi connectivity index (χ1v) is 12.7. The minimum atomic E-state index is -1.99. The molecule has 0 unspecified atom stereocenters. The molecule has 1 nitrogen and oxygen atoms in total. The molecule has 0 fully saturated rings. The van der Waals surface area contributed by atoms with Crippen LogP contribution in [0.5, 0.6) is 5.75 Å². The summed E-state index contributed by atoms with van der Waals surface area (Å²) in [6.45, 7) is 16.3. The third-order valence-corrected chi connectivity index (χ3v) is 12.1. The molecule has 0 atom stereocenters. The highest BCUT2D eigenvalue weighted by Crippen LogP contribution is 2.44. The molecule has 0 bridgehead atoms. The Bertz CT molecular complexity index is 715. The summed E-state index contributed by atoms with van der Waals surface area (Å²) in [7, 11) is -1.99. The van der Waals surface area contributed by atoms with Gasteiger partial charge in [0.15, 0.2) is 0 Å². The molecule has 0 radical (unpaired) electrons. The Labute approximate surface area is 166 Å². The van der Waals surface area contributed by atoms with Crippen LogP contribution >= 0.6 is 11.6 Å². The largest absolute Gasteiger partial charge is 0.542 e. The zero-order valence-electron chi connectivity index (χ0n) is 17.5. The van der Waals surface area contributed by atoms with Crippen LogP contribution in [0.3, 0.4) is 0 Å². The van der Waals surface area contributed by atoms with Crippen LogP contribution in [0.25, 0.3) is 10.8 Å². The van der Waals surface area contributed by atoms with Crippen LogP contribution in [0.2, 0.25) is 21.6 Å². The SMILES string of the molecule is CCCCc1cc2cccc(Cl)c2cc1O[Si](C(C)C)(C(C)C)C(C)C. The minimum absolute atomic E-state index is 0.559. The highest BCUT2D eigenvalue weighted by atomic mass is 35.5. The van der Waals surface area contributed by atoms with E-state index in [4.69, 9.17) is 16.0 Å². The summed E-state index contributed by atoms with van der Waals surface area (Å²) in [5.41, 5.74) is 3.01. The third-order valence-electron chi connectivity index (χ3n) is 5.80. The van der Waals surface area contributed by atoms with Crippen LogP contribution in [0.4, 0.5) is 0 Å². The lowest BCUT2D eigenvalue weighted by Crippen LogP contribution is -2.50. The number of benzene rings is 2. The average molecular weight is 391 g/mol. The molecule has 2 aromatic carbocycles. The molecule has 0 aromatic heterocycles. The molecule has 2 rings (SSSR count). The van der Waals surface area contributed by atoms with E-state index in [0.29, 0.717) is 16.6 Å². The first kappa shape index (κ1) is 21.3. The quantitative estimate of drug-likeness (QED) is 0.411. The van der Waals surface area contributed by atoms with E-state index in [0.717, 1.165) is 22.6 Å². The van der Waals surface area contributed by atoms with Gasteiger partial charge in [0.2, 0.25) is 0 Å². The molecule has 0 amide bonds. The van der Waals surface area contributed by atoms with Gasteiger partial charge in [0.25, 0.3) is 8.32 Å². The molecule has 0 aliphatic heterocycles. The van der Waals surface area contributed by atoms with Crippen molar-refractivity contribution in [2.75, 3.05) is 0 Å². The summed E-state index contributed by atoms with van der Waals surface area (Å²) in [5.74, 6) is 1.07. The number of hydrogen-bond acceptors (Lipinski definition) is 1. The molecular formula is C23H35ClOSi. The standard InChI is InChI=1S/C23H35ClOSi/c1-8-9-11-20-14-19-12-10-13-22(24)21(19)15-23(20)25-26(16(2)3,17(4)5)18(6)7/h10,12-18H,8-9,11H2,1-7H3. The third kappa shape index (κ3) is 4.12. The van der Waals surface area contributed by atoms with Gasteiger partial charge in [-0.2, -0.15) is 0 Å². The van der Waals surface area contributed by atoms with Crippen molar-refractivity contribution in [3.05, 3.63) is 40.9 Å². The molecule has 0 saturated carbocycles. The zero-order chi connectivity index (χ0) is 19.5. The Kier molecular flexibility index (Phi) is 7.21. The number of hydrogen-bond donors (Lipinski definition) is 0. The van der Waals surface area contributed by atoms with Crippen molar-refractivity contribution < 1.29 is 4.43 Å². The average Bonchev–Trinajstić information content (AvgIpc) is 2.57. The molecule has 3 heteroatoms. The highest BCUT2D eigenvalue weighted by Gasteiger charge is 2.47. The van der Waals surface area contributed by atoms with Crippen LogP contribution in [0, 0.1) is 0 Å². The molecule has 26 heavy (non-hydrogen) atoms. The first-order valence-electron chi connectivity index (χ1n) is 10.1. The van der Waals surface area contributed by atoms with Crippen molar-refractivity contribution in [3.63, 3.8) is 0 Å². The number of unbranched alkanes of at least 4 members (excludes halogenated alkanes) is 1. The van der Waals surface area contributed by atoms with E-state index in [1.807, 2.05) is 12.1 Å². The highest BCUT2D eigenvalue weighted by molar-refractivity contribution is 6.78. The van der Waals surface area contributed by atoms with Gasteiger partial charge in [-0.25, -0.2) is 0 Å². The van der Waals surface area contributed by atoms with E-state index in [1.165, 1.54) is 23.8 Å². The Balaban J connectivity index is 2.62. The number of rotatable bonds is 8. The smallest absolute Gasteiger partial charge is 0.258 e. The second kappa shape index (κ2) is 8.80. The summed E-state index contributed by atoms with van der Waals surface area (Å²) in [6.07, 6.45) is 3.43. The van der Waals surface area contributed by atoms with Crippen molar-refractivity contribution in [1.82, 2.24) is 0 Å². The lowest BCUT2D eigenvalue weighted by atomic mass is 10.0. The van der Waals surface area contributed by atoms with Crippen molar-refractivity contribution in [2.24, 2.45) is 0 Å². The first-order chi connectivity index (χ1) is 12.2. The molecule has 144 valence electrons. The molecule has 0 N–H and O–H groups in total. The number of aryl methyl sites for hydroxylation is 1. The van der Waals surface area contributed by atoms with Crippen molar-refractivity contribution >= 4 is 30.7 Å². The topological polar surface area (TPSA) is 9.23 Å². The zero-order valence-corrected chi connectivity index (χ0v) is 19.3. The molecule has 0 saturated heterocycles. The van der Waals surface area contributed by atoms with Gasteiger partial charge in [-0.1, -0.05) is 78.6 Å². The Hall–Kier alpha value is -0.993. The van der Waals surface area contributed by atoms with Gasteiger partial charge in [-0.05, 0) is 58.6 Å². The van der Waals surface area contributed by atoms with Gasteiger partial charge >= 0.3 is 0 Å². The van der Waals surface area contributed by atoms with Crippen molar-refractivity contribution in [3.8, 4) is 5.75 Å². The monoisotopic (exact) mass is 390 g/mol. The van der Waals surface area contributed by atoms with E-state index in [1.54, 1.807) is 0 Å². The van der Waals surface area contributed by atoms with Gasteiger partial charge in [0, 0.05) is 10.4 Å². The Morgan fingerprint density at radius 2 is 1.58 bits per heavy atom.